The van der Waals surface area contributed by atoms with Crippen molar-refractivity contribution in [2.45, 2.75) is 0 Å². The monoisotopic (exact) mass is 825 g/mol. The Morgan fingerprint density at radius 3 is 1.23 bits per heavy atom. The molecule has 12 aromatic carbocycles. The number of rotatable bonds is 8. The van der Waals surface area contributed by atoms with Gasteiger partial charge in [-0.15, -0.1) is 0 Å². The Hall–Kier alpha value is -8.52. The summed E-state index contributed by atoms with van der Waals surface area (Å²) in [6.45, 7) is 0. The second-order valence-electron chi connectivity index (χ2n) is 16.8. The van der Waals surface area contributed by atoms with Gasteiger partial charge in [-0.2, -0.15) is 0 Å². The molecule has 0 bridgehead atoms. The van der Waals surface area contributed by atoms with Crippen LogP contribution in [-0.4, -0.2) is 0 Å². The summed E-state index contributed by atoms with van der Waals surface area (Å²) in [5.74, 6) is 0. The van der Waals surface area contributed by atoms with Crippen LogP contribution in [0.25, 0.3) is 98.7 Å². The molecular weight excluding hydrogens is 783 g/mol. The van der Waals surface area contributed by atoms with Crippen molar-refractivity contribution in [3.8, 4) is 55.6 Å². The molecule has 0 spiro atoms. The van der Waals surface area contributed by atoms with Crippen LogP contribution in [0.2, 0.25) is 0 Å². The molecule has 0 N–H and O–H groups in total. The molecule has 12 aromatic rings. The van der Waals surface area contributed by atoms with Crippen molar-refractivity contribution in [1.29, 1.82) is 0 Å². The lowest BCUT2D eigenvalue weighted by atomic mass is 9.84. The minimum Gasteiger partial charge on any atom is -0.309 e. The number of benzene rings is 12. The molecule has 0 aliphatic rings. The molecule has 0 saturated heterocycles. The van der Waals surface area contributed by atoms with Gasteiger partial charge in [0.1, 0.15) is 0 Å². The van der Waals surface area contributed by atoms with Gasteiger partial charge in [-0.25, -0.2) is 0 Å². The number of fused-ring (bicyclic) bond motifs is 6. The third-order valence-corrected chi connectivity index (χ3v) is 13.0. The summed E-state index contributed by atoms with van der Waals surface area (Å²) in [7, 11) is 0. The van der Waals surface area contributed by atoms with E-state index in [0.29, 0.717) is 0 Å². The molecule has 0 aliphatic carbocycles. The SMILES string of the molecule is c1ccc(-c2ccc(N(c3ccc(-c4c(-c5ccccc5)c5ccccc5c5ccccc45)cc3-c3ccccc3)c3cc4ccccc4c4ccccc34)cc2-c2ccccc2)cc1. The fraction of sp³-hybridized carbons (Fsp3) is 0. The van der Waals surface area contributed by atoms with Gasteiger partial charge in [0.2, 0.25) is 0 Å². The maximum absolute atomic E-state index is 2.51. The molecule has 65 heavy (non-hydrogen) atoms. The van der Waals surface area contributed by atoms with Crippen LogP contribution in [0, 0.1) is 0 Å². The van der Waals surface area contributed by atoms with Crippen LogP contribution in [0.3, 0.4) is 0 Å². The summed E-state index contributed by atoms with van der Waals surface area (Å²) in [6, 6.07) is 95.5. The summed E-state index contributed by atoms with van der Waals surface area (Å²) in [5.41, 5.74) is 15.2. The Labute approximate surface area is 379 Å². The summed E-state index contributed by atoms with van der Waals surface area (Å²) in [4.78, 5) is 2.51. The van der Waals surface area contributed by atoms with Crippen molar-refractivity contribution in [2.24, 2.45) is 0 Å². The van der Waals surface area contributed by atoms with Crippen molar-refractivity contribution in [2.75, 3.05) is 4.90 Å². The van der Waals surface area contributed by atoms with Crippen molar-refractivity contribution in [1.82, 2.24) is 0 Å². The van der Waals surface area contributed by atoms with Gasteiger partial charge in [-0.3, -0.25) is 0 Å². The van der Waals surface area contributed by atoms with Gasteiger partial charge in [0.15, 0.2) is 0 Å². The standard InChI is InChI=1S/C64H43N/c1-5-21-44(22-6-1)52-39-38-50(43-59(52)45-23-7-2-8-24-45)65(62-42-48-29-13-14-30-51(48)53-31-15-18-34-56(53)62)61-40-37-49(41-60(61)46-25-9-3-10-26-46)64-58-36-20-17-33-55(58)54-32-16-19-35-57(54)63(64)47-27-11-4-12-28-47/h1-43H. The Balaban J connectivity index is 1.19. The van der Waals surface area contributed by atoms with E-state index in [1.807, 2.05) is 0 Å². The zero-order valence-electron chi connectivity index (χ0n) is 35.8. The molecule has 0 radical (unpaired) electrons. The average Bonchev–Trinajstić information content (AvgIpc) is 3.39. The smallest absolute Gasteiger partial charge is 0.0546 e. The predicted octanol–water partition coefficient (Wildman–Crippen LogP) is 18.1. The van der Waals surface area contributed by atoms with Crippen LogP contribution >= 0.6 is 0 Å². The van der Waals surface area contributed by atoms with E-state index < -0.39 is 0 Å². The molecule has 0 saturated carbocycles. The van der Waals surface area contributed by atoms with Gasteiger partial charge >= 0.3 is 0 Å². The summed E-state index contributed by atoms with van der Waals surface area (Å²) in [6.07, 6.45) is 0. The zero-order valence-corrected chi connectivity index (χ0v) is 35.8. The van der Waals surface area contributed by atoms with Crippen LogP contribution in [0.1, 0.15) is 0 Å². The van der Waals surface area contributed by atoms with E-state index in [1.165, 1.54) is 87.6 Å². The number of hydrogen-bond acceptors (Lipinski definition) is 1. The Bertz CT molecular complexity index is 3690. The van der Waals surface area contributed by atoms with Crippen molar-refractivity contribution in [3.05, 3.63) is 261 Å². The second-order valence-corrected chi connectivity index (χ2v) is 16.8. The first-order chi connectivity index (χ1) is 32.3. The summed E-state index contributed by atoms with van der Waals surface area (Å²) < 4.78 is 0. The van der Waals surface area contributed by atoms with Crippen LogP contribution in [-0.2, 0) is 0 Å². The second kappa shape index (κ2) is 16.3. The topological polar surface area (TPSA) is 3.24 Å². The lowest BCUT2D eigenvalue weighted by molar-refractivity contribution is 1.30. The first kappa shape index (κ1) is 38.2. The molecule has 0 heterocycles. The number of nitrogens with zero attached hydrogens (tertiary/aromatic N) is 1. The molecule has 0 unspecified atom stereocenters. The molecule has 12 rings (SSSR count). The summed E-state index contributed by atoms with van der Waals surface area (Å²) >= 11 is 0. The largest absolute Gasteiger partial charge is 0.309 e. The molecule has 0 aromatic heterocycles. The lowest BCUT2D eigenvalue weighted by Gasteiger charge is -2.31. The van der Waals surface area contributed by atoms with E-state index in [4.69, 9.17) is 0 Å². The van der Waals surface area contributed by atoms with Crippen molar-refractivity contribution in [3.63, 3.8) is 0 Å². The fourth-order valence-electron chi connectivity index (χ4n) is 10.1. The number of hydrogen-bond donors (Lipinski definition) is 0. The third-order valence-electron chi connectivity index (χ3n) is 13.0. The molecule has 0 atom stereocenters. The molecule has 1 heteroatoms. The van der Waals surface area contributed by atoms with E-state index in [0.717, 1.165) is 28.2 Å². The highest BCUT2D eigenvalue weighted by molar-refractivity contribution is 6.22. The normalized spacial score (nSPS) is 11.4. The Kier molecular flexibility index (Phi) is 9.58. The third kappa shape index (κ3) is 6.74. The van der Waals surface area contributed by atoms with Crippen LogP contribution in [0.5, 0.6) is 0 Å². The van der Waals surface area contributed by atoms with E-state index in [1.54, 1.807) is 0 Å². The first-order valence-electron chi connectivity index (χ1n) is 22.4. The van der Waals surface area contributed by atoms with E-state index in [2.05, 4.69) is 266 Å². The maximum atomic E-state index is 2.51. The minimum absolute atomic E-state index is 1.08. The quantitative estimate of drug-likeness (QED) is 0.138. The van der Waals surface area contributed by atoms with Crippen molar-refractivity contribution < 1.29 is 0 Å². The van der Waals surface area contributed by atoms with Crippen molar-refractivity contribution >= 4 is 60.2 Å². The van der Waals surface area contributed by atoms with Crippen LogP contribution < -0.4 is 4.90 Å². The maximum Gasteiger partial charge on any atom is 0.0546 e. The van der Waals surface area contributed by atoms with E-state index in [-0.39, 0.29) is 0 Å². The van der Waals surface area contributed by atoms with Crippen LogP contribution in [0.15, 0.2) is 261 Å². The van der Waals surface area contributed by atoms with Gasteiger partial charge in [0.05, 0.1) is 11.4 Å². The predicted molar refractivity (Wildman–Crippen MR) is 278 cm³/mol. The molecular formula is C64H43N. The molecule has 304 valence electrons. The highest BCUT2D eigenvalue weighted by Gasteiger charge is 2.25. The average molecular weight is 826 g/mol. The van der Waals surface area contributed by atoms with E-state index in [9.17, 15) is 0 Å². The lowest BCUT2D eigenvalue weighted by Crippen LogP contribution is -2.12. The van der Waals surface area contributed by atoms with Crippen LogP contribution in [0.4, 0.5) is 17.1 Å². The van der Waals surface area contributed by atoms with Gasteiger partial charge in [-0.1, -0.05) is 231 Å². The molecule has 0 aliphatic heterocycles. The Morgan fingerprint density at radius 1 is 0.215 bits per heavy atom. The fourth-order valence-corrected chi connectivity index (χ4v) is 10.1. The van der Waals surface area contributed by atoms with Gasteiger partial charge in [0, 0.05) is 16.6 Å². The zero-order chi connectivity index (χ0) is 43.1. The van der Waals surface area contributed by atoms with Gasteiger partial charge < -0.3 is 4.90 Å². The summed E-state index contributed by atoms with van der Waals surface area (Å²) in [5, 5.41) is 9.84. The van der Waals surface area contributed by atoms with Gasteiger partial charge in [-0.05, 0) is 118 Å². The highest BCUT2D eigenvalue weighted by atomic mass is 15.1. The first-order valence-corrected chi connectivity index (χ1v) is 22.4. The minimum atomic E-state index is 1.08. The molecule has 0 amide bonds. The number of anilines is 3. The van der Waals surface area contributed by atoms with Gasteiger partial charge in [0.25, 0.3) is 0 Å². The molecule has 1 nitrogen and oxygen atoms in total. The molecule has 0 fully saturated rings. The van der Waals surface area contributed by atoms with E-state index >= 15 is 0 Å². The Morgan fingerprint density at radius 2 is 0.646 bits per heavy atom. The highest BCUT2D eigenvalue weighted by Crippen LogP contribution is 2.50.